The third-order valence-electron chi connectivity index (χ3n) is 3.17. The standard InChI is InChI=1S/C20H17NO2.CH4O/c1-15(22-3)4-5-16(2)23-20-12-10-19(11-13-20)18-8-6-17(14-21)7-9-18;1-2/h4-13H,1-2H2,3H3;2H,1H3/b5-4-;. The molecule has 0 aliphatic heterocycles. The third-order valence-corrected chi connectivity index (χ3v) is 3.17. The number of rotatable bonds is 6. The van der Waals surface area contributed by atoms with Crippen molar-refractivity contribution in [1.82, 2.24) is 0 Å². The van der Waals surface area contributed by atoms with Gasteiger partial charge in [0.05, 0.1) is 18.7 Å². The number of aliphatic hydroxyl groups is 1. The second-order valence-corrected chi connectivity index (χ2v) is 4.79. The Morgan fingerprint density at radius 2 is 1.40 bits per heavy atom. The summed E-state index contributed by atoms with van der Waals surface area (Å²) in [7, 11) is 2.55. The van der Waals surface area contributed by atoms with E-state index in [1.807, 2.05) is 36.4 Å². The molecule has 2 aromatic carbocycles. The zero-order valence-corrected chi connectivity index (χ0v) is 14.4. The van der Waals surface area contributed by atoms with Crippen LogP contribution in [0.3, 0.4) is 0 Å². The molecular weight excluding hydrogens is 314 g/mol. The highest BCUT2D eigenvalue weighted by Gasteiger charge is 2.00. The van der Waals surface area contributed by atoms with Crippen LogP contribution in [-0.2, 0) is 4.74 Å². The van der Waals surface area contributed by atoms with Gasteiger partial charge >= 0.3 is 0 Å². The lowest BCUT2D eigenvalue weighted by Gasteiger charge is -2.07. The molecule has 0 bridgehead atoms. The third kappa shape index (κ3) is 6.38. The van der Waals surface area contributed by atoms with Crippen molar-refractivity contribution in [3.8, 4) is 22.9 Å². The minimum Gasteiger partial charge on any atom is -0.497 e. The molecule has 0 fully saturated rings. The quantitative estimate of drug-likeness (QED) is 0.626. The lowest BCUT2D eigenvalue weighted by atomic mass is 10.0. The summed E-state index contributed by atoms with van der Waals surface area (Å²) in [6, 6.07) is 17.2. The Hall–Kier alpha value is -3.29. The summed E-state index contributed by atoms with van der Waals surface area (Å²) in [5.41, 5.74) is 2.75. The summed E-state index contributed by atoms with van der Waals surface area (Å²) in [5, 5.41) is 15.8. The first-order chi connectivity index (χ1) is 12.1. The molecule has 2 aromatic rings. The molecule has 128 valence electrons. The highest BCUT2D eigenvalue weighted by atomic mass is 16.5. The molecule has 0 radical (unpaired) electrons. The molecule has 0 aliphatic carbocycles. The van der Waals surface area contributed by atoms with Gasteiger partial charge in [-0.2, -0.15) is 5.26 Å². The van der Waals surface area contributed by atoms with E-state index in [1.165, 1.54) is 0 Å². The molecule has 4 nitrogen and oxygen atoms in total. The van der Waals surface area contributed by atoms with Crippen LogP contribution in [0.2, 0.25) is 0 Å². The number of allylic oxidation sites excluding steroid dienone is 2. The van der Waals surface area contributed by atoms with E-state index < -0.39 is 0 Å². The van der Waals surface area contributed by atoms with Gasteiger partial charge in [0.2, 0.25) is 0 Å². The van der Waals surface area contributed by atoms with Crippen molar-refractivity contribution in [3.63, 3.8) is 0 Å². The maximum atomic E-state index is 8.82. The molecule has 2 rings (SSSR count). The maximum Gasteiger partial charge on any atom is 0.127 e. The topological polar surface area (TPSA) is 62.5 Å². The Balaban J connectivity index is 0.00000151. The minimum absolute atomic E-state index is 0.495. The van der Waals surface area contributed by atoms with Crippen LogP contribution in [0.5, 0.6) is 5.75 Å². The average Bonchev–Trinajstić information content (AvgIpc) is 2.68. The Morgan fingerprint density at radius 1 is 0.920 bits per heavy atom. The minimum atomic E-state index is 0.495. The van der Waals surface area contributed by atoms with Gasteiger partial charge in [-0.3, -0.25) is 0 Å². The van der Waals surface area contributed by atoms with Crippen molar-refractivity contribution in [3.05, 3.63) is 90.9 Å². The summed E-state index contributed by atoms with van der Waals surface area (Å²) in [5.74, 6) is 1.72. The van der Waals surface area contributed by atoms with Crippen LogP contribution in [0.15, 0.2) is 85.4 Å². The van der Waals surface area contributed by atoms with Crippen molar-refractivity contribution in [1.29, 1.82) is 5.26 Å². The van der Waals surface area contributed by atoms with Crippen molar-refractivity contribution in [2.45, 2.75) is 0 Å². The predicted molar refractivity (Wildman–Crippen MR) is 99.8 cm³/mol. The Morgan fingerprint density at radius 3 is 1.88 bits per heavy atom. The molecule has 0 aliphatic rings. The molecule has 0 unspecified atom stereocenters. The van der Waals surface area contributed by atoms with Gasteiger partial charge < -0.3 is 14.6 Å². The molecule has 1 N–H and O–H groups in total. The van der Waals surface area contributed by atoms with E-state index in [4.69, 9.17) is 19.8 Å². The van der Waals surface area contributed by atoms with E-state index >= 15 is 0 Å². The maximum absolute atomic E-state index is 8.82. The highest BCUT2D eigenvalue weighted by Crippen LogP contribution is 2.23. The molecule has 0 aromatic heterocycles. The Kier molecular flexibility index (Phi) is 8.28. The molecule has 0 amide bonds. The fourth-order valence-electron chi connectivity index (χ4n) is 1.89. The molecule has 0 saturated heterocycles. The summed E-state index contributed by atoms with van der Waals surface area (Å²) in [6.07, 6.45) is 3.38. The fraction of sp³-hybridized carbons (Fsp3) is 0.0952. The van der Waals surface area contributed by atoms with Gasteiger partial charge in [0, 0.05) is 7.11 Å². The summed E-state index contributed by atoms with van der Waals surface area (Å²) in [6.45, 7) is 7.50. The van der Waals surface area contributed by atoms with Crippen molar-refractivity contribution >= 4 is 0 Å². The van der Waals surface area contributed by atoms with Crippen LogP contribution in [0.4, 0.5) is 0 Å². The summed E-state index contributed by atoms with van der Waals surface area (Å²) >= 11 is 0. The Bertz CT molecular complexity index is 766. The molecule has 25 heavy (non-hydrogen) atoms. The second kappa shape index (κ2) is 10.5. The van der Waals surface area contributed by atoms with Gasteiger partial charge in [-0.1, -0.05) is 37.4 Å². The zero-order valence-electron chi connectivity index (χ0n) is 14.4. The highest BCUT2D eigenvalue weighted by molar-refractivity contribution is 5.65. The van der Waals surface area contributed by atoms with Gasteiger partial charge in [0.25, 0.3) is 0 Å². The van der Waals surface area contributed by atoms with Crippen molar-refractivity contribution in [2.24, 2.45) is 0 Å². The smallest absolute Gasteiger partial charge is 0.127 e. The van der Waals surface area contributed by atoms with Crippen LogP contribution in [-0.4, -0.2) is 19.3 Å². The number of hydrogen-bond donors (Lipinski definition) is 1. The largest absolute Gasteiger partial charge is 0.497 e. The van der Waals surface area contributed by atoms with Gasteiger partial charge in [-0.05, 0) is 47.5 Å². The van der Waals surface area contributed by atoms with E-state index in [9.17, 15) is 0 Å². The monoisotopic (exact) mass is 335 g/mol. The first-order valence-corrected chi connectivity index (χ1v) is 7.45. The van der Waals surface area contributed by atoms with Gasteiger partial charge in [-0.25, -0.2) is 0 Å². The first kappa shape index (κ1) is 19.8. The summed E-state index contributed by atoms with van der Waals surface area (Å²) < 4.78 is 10.5. The van der Waals surface area contributed by atoms with E-state index in [-0.39, 0.29) is 0 Å². The van der Waals surface area contributed by atoms with Gasteiger partial charge in [-0.15, -0.1) is 0 Å². The molecule has 4 heteroatoms. The van der Waals surface area contributed by atoms with Crippen LogP contribution in [0, 0.1) is 11.3 Å². The first-order valence-electron chi connectivity index (χ1n) is 7.45. The SMILES string of the molecule is C=C(/C=C\C(=C)Oc1ccc(-c2ccc(C#N)cc2)cc1)OC.CO. The second-order valence-electron chi connectivity index (χ2n) is 4.79. The zero-order chi connectivity index (χ0) is 18.7. The van der Waals surface area contributed by atoms with Crippen LogP contribution >= 0.6 is 0 Å². The van der Waals surface area contributed by atoms with Crippen molar-refractivity contribution in [2.75, 3.05) is 14.2 Å². The molecule has 0 atom stereocenters. The predicted octanol–water partition coefficient (Wildman–Crippen LogP) is 4.44. The number of ether oxygens (including phenoxy) is 2. The van der Waals surface area contributed by atoms with E-state index in [1.54, 1.807) is 31.4 Å². The normalized spacial score (nSPS) is 9.52. The molecule has 0 heterocycles. The number of methoxy groups -OCH3 is 1. The number of aliphatic hydroxyl groups excluding tert-OH is 1. The van der Waals surface area contributed by atoms with E-state index in [2.05, 4.69) is 19.2 Å². The van der Waals surface area contributed by atoms with Crippen LogP contribution in [0.25, 0.3) is 11.1 Å². The Labute approximate surface area is 148 Å². The average molecular weight is 335 g/mol. The number of hydrogen-bond acceptors (Lipinski definition) is 4. The van der Waals surface area contributed by atoms with Gasteiger partial charge in [0.1, 0.15) is 17.3 Å². The summed E-state index contributed by atoms with van der Waals surface area (Å²) in [4.78, 5) is 0. The van der Waals surface area contributed by atoms with Gasteiger partial charge in [0.15, 0.2) is 0 Å². The molecule has 0 saturated carbocycles. The number of nitriles is 1. The number of benzene rings is 2. The lowest BCUT2D eigenvalue weighted by Crippen LogP contribution is -1.91. The molecule has 0 spiro atoms. The van der Waals surface area contributed by atoms with Crippen LogP contribution in [0.1, 0.15) is 5.56 Å². The fourth-order valence-corrected chi connectivity index (χ4v) is 1.89. The lowest BCUT2D eigenvalue weighted by molar-refractivity contribution is 0.308. The van der Waals surface area contributed by atoms with Crippen molar-refractivity contribution < 1.29 is 14.6 Å². The molecular formula is C21H21NO3. The van der Waals surface area contributed by atoms with Crippen LogP contribution < -0.4 is 4.74 Å². The van der Waals surface area contributed by atoms with E-state index in [0.717, 1.165) is 18.2 Å². The number of nitrogens with zero attached hydrogens (tertiary/aromatic N) is 1. The van der Waals surface area contributed by atoms with E-state index in [0.29, 0.717) is 22.8 Å².